The van der Waals surface area contributed by atoms with Gasteiger partial charge in [0.2, 0.25) is 0 Å². The summed E-state index contributed by atoms with van der Waals surface area (Å²) in [5.41, 5.74) is 1.18. The van der Waals surface area contributed by atoms with Gasteiger partial charge in [0.1, 0.15) is 12.4 Å². The van der Waals surface area contributed by atoms with E-state index in [0.717, 1.165) is 12.1 Å². The number of oxime groups is 1. The van der Waals surface area contributed by atoms with Crippen LogP contribution in [-0.2, 0) is 22.4 Å². The molecule has 0 aliphatic heterocycles. The van der Waals surface area contributed by atoms with Gasteiger partial charge in [-0.2, -0.15) is 13.2 Å². The molecule has 0 fully saturated rings. The summed E-state index contributed by atoms with van der Waals surface area (Å²) in [6.07, 6.45) is -4.41. The number of benzene rings is 3. The Bertz CT molecular complexity index is 1220. The molecule has 9 heteroatoms. The lowest BCUT2D eigenvalue weighted by atomic mass is 10.0. The summed E-state index contributed by atoms with van der Waals surface area (Å²) in [5, 5.41) is 4.00. The highest BCUT2D eigenvalue weighted by atomic mass is 19.4. The SMILES string of the molecule is CCOC(=O)c1cc(OCC(=O)c2ccccc2)ccc1C(C)=NOCc1ccc(C(F)(F)F)cc1. The summed E-state index contributed by atoms with van der Waals surface area (Å²) in [6.45, 7) is 3.16. The van der Waals surface area contributed by atoms with Gasteiger partial charge in [-0.3, -0.25) is 4.79 Å². The number of rotatable bonds is 10. The zero-order valence-corrected chi connectivity index (χ0v) is 19.7. The average molecular weight is 499 g/mol. The molecule has 0 saturated heterocycles. The summed E-state index contributed by atoms with van der Waals surface area (Å²) < 4.78 is 48.8. The molecule has 188 valence electrons. The number of hydrogen-bond acceptors (Lipinski definition) is 6. The van der Waals surface area contributed by atoms with Crippen molar-refractivity contribution in [3.05, 3.63) is 101 Å². The van der Waals surface area contributed by atoms with E-state index in [9.17, 15) is 22.8 Å². The molecule has 0 heterocycles. The number of alkyl halides is 3. The summed E-state index contributed by atoms with van der Waals surface area (Å²) in [4.78, 5) is 30.2. The van der Waals surface area contributed by atoms with Gasteiger partial charge in [-0.15, -0.1) is 0 Å². The van der Waals surface area contributed by atoms with E-state index in [1.807, 2.05) is 0 Å². The molecule has 3 aromatic rings. The van der Waals surface area contributed by atoms with Crippen LogP contribution in [-0.4, -0.2) is 30.7 Å². The quantitative estimate of drug-likeness (QED) is 0.146. The van der Waals surface area contributed by atoms with Gasteiger partial charge in [-0.1, -0.05) is 47.6 Å². The first kappa shape index (κ1) is 26.5. The van der Waals surface area contributed by atoms with Crippen LogP contribution in [0.15, 0.2) is 78.0 Å². The second-order valence-corrected chi connectivity index (χ2v) is 7.65. The third-order valence-electron chi connectivity index (χ3n) is 5.06. The molecule has 3 rings (SSSR count). The number of Topliss-reactive ketones (excluding diaryl/α,β-unsaturated/α-hetero) is 1. The first-order chi connectivity index (χ1) is 17.2. The van der Waals surface area contributed by atoms with Crippen LogP contribution in [0.5, 0.6) is 5.75 Å². The van der Waals surface area contributed by atoms with Crippen LogP contribution in [0.25, 0.3) is 0 Å². The number of esters is 1. The molecule has 36 heavy (non-hydrogen) atoms. The minimum atomic E-state index is -4.41. The topological polar surface area (TPSA) is 74.2 Å². The predicted octanol–water partition coefficient (Wildman–Crippen LogP) is 6.08. The molecule has 0 radical (unpaired) electrons. The van der Waals surface area contributed by atoms with Crippen molar-refractivity contribution in [3.63, 3.8) is 0 Å². The lowest BCUT2D eigenvalue weighted by Crippen LogP contribution is -2.14. The van der Waals surface area contributed by atoms with Crippen molar-refractivity contribution < 1.29 is 37.1 Å². The minimum Gasteiger partial charge on any atom is -0.485 e. The van der Waals surface area contributed by atoms with E-state index < -0.39 is 17.7 Å². The standard InChI is InChI=1S/C27H24F3NO5/c1-3-34-26(33)24-15-22(35-17-25(32)20-7-5-4-6-8-20)13-14-23(24)18(2)31-36-16-19-9-11-21(12-10-19)27(28,29)30/h4-15H,3,16-17H2,1-2H3. The summed E-state index contributed by atoms with van der Waals surface area (Å²) >= 11 is 0. The smallest absolute Gasteiger partial charge is 0.416 e. The molecule has 0 atom stereocenters. The van der Waals surface area contributed by atoms with Gasteiger partial charge in [0, 0.05) is 11.1 Å². The van der Waals surface area contributed by atoms with Crippen LogP contribution in [0.4, 0.5) is 13.2 Å². The van der Waals surface area contributed by atoms with E-state index in [2.05, 4.69) is 5.16 Å². The number of ether oxygens (including phenoxy) is 2. The highest BCUT2D eigenvalue weighted by Gasteiger charge is 2.29. The molecule has 0 N–H and O–H groups in total. The molecule has 0 spiro atoms. The molecular weight excluding hydrogens is 475 g/mol. The van der Waals surface area contributed by atoms with Crippen LogP contribution in [0, 0.1) is 0 Å². The average Bonchev–Trinajstić information content (AvgIpc) is 2.87. The Morgan fingerprint density at radius 1 is 0.917 bits per heavy atom. The third-order valence-corrected chi connectivity index (χ3v) is 5.06. The highest BCUT2D eigenvalue weighted by Crippen LogP contribution is 2.29. The maximum Gasteiger partial charge on any atom is 0.416 e. The third kappa shape index (κ3) is 7.18. The Morgan fingerprint density at radius 2 is 1.61 bits per heavy atom. The lowest BCUT2D eigenvalue weighted by molar-refractivity contribution is -0.137. The van der Waals surface area contributed by atoms with Crippen LogP contribution < -0.4 is 4.74 Å². The normalized spacial score (nSPS) is 11.6. The van der Waals surface area contributed by atoms with Gasteiger partial charge >= 0.3 is 12.1 Å². The highest BCUT2D eigenvalue weighted by molar-refractivity contribution is 6.08. The second-order valence-electron chi connectivity index (χ2n) is 7.65. The number of hydrogen-bond donors (Lipinski definition) is 0. The fraction of sp³-hybridized carbons (Fsp3) is 0.222. The molecule has 0 aromatic heterocycles. The Morgan fingerprint density at radius 3 is 2.25 bits per heavy atom. The number of carbonyl (C=O) groups excluding carboxylic acids is 2. The van der Waals surface area contributed by atoms with E-state index in [1.54, 1.807) is 56.3 Å². The molecule has 3 aromatic carbocycles. The molecular formula is C27H24F3NO5. The molecule has 0 aliphatic carbocycles. The Hall–Kier alpha value is -4.14. The van der Waals surface area contributed by atoms with Crippen molar-refractivity contribution in [1.29, 1.82) is 0 Å². The van der Waals surface area contributed by atoms with Crippen molar-refractivity contribution in [3.8, 4) is 5.75 Å². The van der Waals surface area contributed by atoms with E-state index in [1.165, 1.54) is 18.2 Å². The maximum atomic E-state index is 12.7. The second kappa shape index (κ2) is 12.0. The van der Waals surface area contributed by atoms with Gasteiger partial charge in [0.15, 0.2) is 12.4 Å². The number of nitrogens with zero attached hydrogens (tertiary/aromatic N) is 1. The van der Waals surface area contributed by atoms with Crippen molar-refractivity contribution in [1.82, 2.24) is 0 Å². The van der Waals surface area contributed by atoms with Crippen LogP contribution in [0.2, 0.25) is 0 Å². The molecule has 0 unspecified atom stereocenters. The van der Waals surface area contributed by atoms with Gasteiger partial charge in [0.25, 0.3) is 0 Å². The number of ketones is 1. The van der Waals surface area contributed by atoms with Crippen molar-refractivity contribution in [2.45, 2.75) is 26.6 Å². The number of halogens is 3. The van der Waals surface area contributed by atoms with Crippen molar-refractivity contribution >= 4 is 17.5 Å². The van der Waals surface area contributed by atoms with Gasteiger partial charge in [-0.05, 0) is 49.7 Å². The molecule has 0 saturated carbocycles. The predicted molar refractivity (Wildman–Crippen MR) is 127 cm³/mol. The zero-order valence-electron chi connectivity index (χ0n) is 19.7. The minimum absolute atomic E-state index is 0.0625. The van der Waals surface area contributed by atoms with E-state index in [0.29, 0.717) is 28.2 Å². The zero-order chi connectivity index (χ0) is 26.1. The fourth-order valence-electron chi connectivity index (χ4n) is 3.21. The van der Waals surface area contributed by atoms with Crippen molar-refractivity contribution in [2.24, 2.45) is 5.16 Å². The van der Waals surface area contributed by atoms with Crippen LogP contribution in [0.3, 0.4) is 0 Å². The summed E-state index contributed by atoms with van der Waals surface area (Å²) in [6, 6.07) is 17.9. The van der Waals surface area contributed by atoms with E-state index >= 15 is 0 Å². The first-order valence-electron chi connectivity index (χ1n) is 11.0. The van der Waals surface area contributed by atoms with Gasteiger partial charge in [-0.25, -0.2) is 4.79 Å². The maximum absolute atomic E-state index is 12.7. The lowest BCUT2D eigenvalue weighted by Gasteiger charge is -2.12. The largest absolute Gasteiger partial charge is 0.485 e. The Balaban J connectivity index is 1.71. The van der Waals surface area contributed by atoms with Gasteiger partial charge in [0.05, 0.1) is 23.4 Å². The Kier molecular flexibility index (Phi) is 8.83. The summed E-state index contributed by atoms with van der Waals surface area (Å²) in [7, 11) is 0. The molecule has 0 bridgehead atoms. The Labute approximate surface area is 206 Å². The fourth-order valence-corrected chi connectivity index (χ4v) is 3.21. The van der Waals surface area contributed by atoms with E-state index in [-0.39, 0.29) is 31.2 Å². The van der Waals surface area contributed by atoms with E-state index in [4.69, 9.17) is 14.3 Å². The van der Waals surface area contributed by atoms with Crippen molar-refractivity contribution in [2.75, 3.05) is 13.2 Å². The monoisotopic (exact) mass is 499 g/mol. The van der Waals surface area contributed by atoms with Crippen LogP contribution in [0.1, 0.15) is 51.3 Å². The summed E-state index contributed by atoms with van der Waals surface area (Å²) in [5.74, 6) is -0.527. The van der Waals surface area contributed by atoms with Gasteiger partial charge < -0.3 is 14.3 Å². The van der Waals surface area contributed by atoms with Crippen LogP contribution >= 0.6 is 0 Å². The number of carbonyl (C=O) groups is 2. The molecule has 6 nitrogen and oxygen atoms in total. The molecule has 0 aliphatic rings. The molecule has 0 amide bonds. The first-order valence-corrected chi connectivity index (χ1v) is 11.0.